The highest BCUT2D eigenvalue weighted by Crippen LogP contribution is 2.24. The zero-order valence-corrected chi connectivity index (χ0v) is 11.1. The molecule has 3 rings (SSSR count). The third kappa shape index (κ3) is 1.77. The van der Waals surface area contributed by atoms with E-state index in [1.54, 1.807) is 0 Å². The molecule has 0 aliphatic rings. The van der Waals surface area contributed by atoms with Crippen LogP contribution in [-0.4, -0.2) is 10.2 Å². The lowest BCUT2D eigenvalue weighted by Crippen LogP contribution is -2.04. The number of fused-ring (bicyclic) bond motifs is 1. The van der Waals surface area contributed by atoms with Gasteiger partial charge in [0.1, 0.15) is 0 Å². The van der Waals surface area contributed by atoms with Crippen LogP contribution < -0.4 is 0 Å². The van der Waals surface area contributed by atoms with Crippen LogP contribution in [0.15, 0.2) is 65.3 Å². The standard InChI is InChI=1S/C15H10BrNO/c16-12-10-14(17-9-5-4-8-13(12)17)15(18)11-6-2-1-3-7-11/h1-10H. The van der Waals surface area contributed by atoms with Crippen molar-refractivity contribution in [3.05, 3.63) is 76.5 Å². The Labute approximate surface area is 113 Å². The van der Waals surface area contributed by atoms with Gasteiger partial charge in [-0.05, 0) is 34.1 Å². The van der Waals surface area contributed by atoms with Gasteiger partial charge >= 0.3 is 0 Å². The molecule has 2 nitrogen and oxygen atoms in total. The van der Waals surface area contributed by atoms with Crippen LogP contribution in [-0.2, 0) is 0 Å². The summed E-state index contributed by atoms with van der Waals surface area (Å²) in [5, 5.41) is 0. The fourth-order valence-corrected chi connectivity index (χ4v) is 2.56. The zero-order chi connectivity index (χ0) is 12.5. The summed E-state index contributed by atoms with van der Waals surface area (Å²) in [5.41, 5.74) is 2.37. The number of ketones is 1. The van der Waals surface area contributed by atoms with Crippen molar-refractivity contribution in [2.45, 2.75) is 0 Å². The van der Waals surface area contributed by atoms with E-state index in [2.05, 4.69) is 15.9 Å². The molecular weight excluding hydrogens is 290 g/mol. The number of nitrogens with zero attached hydrogens (tertiary/aromatic N) is 1. The van der Waals surface area contributed by atoms with Gasteiger partial charge in [-0.15, -0.1) is 0 Å². The molecule has 0 spiro atoms. The fourth-order valence-electron chi connectivity index (χ4n) is 2.02. The Bertz CT molecular complexity index is 716. The minimum absolute atomic E-state index is 0.0301. The molecule has 3 heteroatoms. The Morgan fingerprint density at radius 2 is 1.72 bits per heavy atom. The first kappa shape index (κ1) is 11.2. The number of rotatable bonds is 2. The van der Waals surface area contributed by atoms with E-state index in [1.165, 1.54) is 0 Å². The molecule has 0 saturated carbocycles. The Morgan fingerprint density at radius 1 is 1.00 bits per heavy atom. The van der Waals surface area contributed by atoms with Crippen LogP contribution in [0.2, 0.25) is 0 Å². The van der Waals surface area contributed by atoms with Crippen LogP contribution in [0.3, 0.4) is 0 Å². The predicted molar refractivity (Wildman–Crippen MR) is 75.0 cm³/mol. The maximum absolute atomic E-state index is 12.4. The van der Waals surface area contributed by atoms with E-state index in [1.807, 2.05) is 65.2 Å². The van der Waals surface area contributed by atoms with Gasteiger partial charge in [-0.2, -0.15) is 0 Å². The largest absolute Gasteiger partial charge is 0.312 e. The molecule has 0 unspecified atom stereocenters. The highest BCUT2D eigenvalue weighted by Gasteiger charge is 2.15. The summed E-state index contributed by atoms with van der Waals surface area (Å²) in [4.78, 5) is 12.4. The van der Waals surface area contributed by atoms with Crippen molar-refractivity contribution < 1.29 is 4.79 Å². The number of aromatic nitrogens is 1. The fraction of sp³-hybridized carbons (Fsp3) is 0. The molecule has 0 aliphatic heterocycles. The minimum Gasteiger partial charge on any atom is -0.312 e. The highest BCUT2D eigenvalue weighted by atomic mass is 79.9. The molecule has 0 fully saturated rings. The summed E-state index contributed by atoms with van der Waals surface area (Å²) in [6.07, 6.45) is 1.90. The van der Waals surface area contributed by atoms with Crippen molar-refractivity contribution in [2.24, 2.45) is 0 Å². The Balaban J connectivity index is 2.19. The van der Waals surface area contributed by atoms with Crippen molar-refractivity contribution in [1.82, 2.24) is 4.40 Å². The first-order valence-electron chi connectivity index (χ1n) is 5.63. The Hall–Kier alpha value is -1.87. The number of hydrogen-bond acceptors (Lipinski definition) is 1. The van der Waals surface area contributed by atoms with Gasteiger partial charge in [0.25, 0.3) is 0 Å². The second kappa shape index (κ2) is 4.42. The van der Waals surface area contributed by atoms with Crippen molar-refractivity contribution in [3.63, 3.8) is 0 Å². The van der Waals surface area contributed by atoms with Crippen molar-refractivity contribution in [1.29, 1.82) is 0 Å². The predicted octanol–water partition coefficient (Wildman–Crippen LogP) is 3.93. The van der Waals surface area contributed by atoms with Crippen LogP contribution in [0.25, 0.3) is 5.52 Å². The number of hydrogen-bond donors (Lipinski definition) is 0. The first-order valence-corrected chi connectivity index (χ1v) is 6.42. The smallest absolute Gasteiger partial charge is 0.209 e. The molecule has 2 aromatic heterocycles. The number of pyridine rings is 1. The van der Waals surface area contributed by atoms with Gasteiger partial charge in [-0.1, -0.05) is 36.4 Å². The van der Waals surface area contributed by atoms with Crippen LogP contribution >= 0.6 is 15.9 Å². The van der Waals surface area contributed by atoms with Gasteiger partial charge in [0, 0.05) is 16.2 Å². The number of benzene rings is 1. The molecule has 0 aliphatic carbocycles. The molecule has 0 amide bonds. The van der Waals surface area contributed by atoms with E-state index in [4.69, 9.17) is 0 Å². The van der Waals surface area contributed by atoms with Crippen molar-refractivity contribution in [3.8, 4) is 0 Å². The third-order valence-corrected chi connectivity index (χ3v) is 3.53. The van der Waals surface area contributed by atoms with Gasteiger partial charge < -0.3 is 4.40 Å². The second-order valence-corrected chi connectivity index (χ2v) is 4.88. The van der Waals surface area contributed by atoms with Crippen LogP contribution in [0.1, 0.15) is 16.1 Å². The van der Waals surface area contributed by atoms with E-state index >= 15 is 0 Å². The van der Waals surface area contributed by atoms with Gasteiger partial charge in [-0.25, -0.2) is 0 Å². The maximum Gasteiger partial charge on any atom is 0.209 e. The van der Waals surface area contributed by atoms with E-state index in [0.717, 1.165) is 9.99 Å². The molecule has 88 valence electrons. The Morgan fingerprint density at radius 3 is 2.50 bits per heavy atom. The summed E-state index contributed by atoms with van der Waals surface area (Å²) < 4.78 is 2.83. The van der Waals surface area contributed by atoms with Crippen LogP contribution in [0.5, 0.6) is 0 Å². The molecule has 18 heavy (non-hydrogen) atoms. The summed E-state index contributed by atoms with van der Waals surface area (Å²) in [5.74, 6) is 0.0301. The molecule has 0 N–H and O–H groups in total. The maximum atomic E-state index is 12.4. The molecule has 2 heterocycles. The lowest BCUT2D eigenvalue weighted by Gasteiger charge is -2.01. The van der Waals surface area contributed by atoms with Gasteiger partial charge in [0.2, 0.25) is 5.78 Å². The monoisotopic (exact) mass is 299 g/mol. The molecule has 0 saturated heterocycles. The second-order valence-electron chi connectivity index (χ2n) is 4.03. The van der Waals surface area contributed by atoms with E-state index < -0.39 is 0 Å². The van der Waals surface area contributed by atoms with Crippen molar-refractivity contribution in [2.75, 3.05) is 0 Å². The van der Waals surface area contributed by atoms with E-state index in [0.29, 0.717) is 11.3 Å². The van der Waals surface area contributed by atoms with Crippen LogP contribution in [0, 0.1) is 0 Å². The van der Waals surface area contributed by atoms with E-state index in [-0.39, 0.29) is 5.78 Å². The molecule has 3 aromatic rings. The molecular formula is C15H10BrNO. The average Bonchev–Trinajstić information content (AvgIpc) is 2.77. The van der Waals surface area contributed by atoms with Crippen molar-refractivity contribution >= 4 is 27.2 Å². The average molecular weight is 300 g/mol. The summed E-state index contributed by atoms with van der Waals surface area (Å²) in [7, 11) is 0. The number of carbonyl (C=O) groups is 1. The summed E-state index contributed by atoms with van der Waals surface area (Å²) in [6, 6.07) is 17.0. The third-order valence-electron chi connectivity index (χ3n) is 2.90. The first-order chi connectivity index (χ1) is 8.77. The quantitative estimate of drug-likeness (QED) is 0.657. The molecule has 1 aromatic carbocycles. The minimum atomic E-state index is 0.0301. The summed E-state index contributed by atoms with van der Waals surface area (Å²) >= 11 is 3.49. The van der Waals surface area contributed by atoms with Crippen LogP contribution in [0.4, 0.5) is 0 Å². The topological polar surface area (TPSA) is 21.5 Å². The number of carbonyl (C=O) groups excluding carboxylic acids is 1. The van der Waals surface area contributed by atoms with E-state index in [9.17, 15) is 4.79 Å². The lowest BCUT2D eigenvalue weighted by molar-refractivity contribution is 0.103. The Kier molecular flexibility index (Phi) is 2.76. The van der Waals surface area contributed by atoms with Gasteiger partial charge in [0.05, 0.1) is 11.2 Å². The number of halogens is 1. The SMILES string of the molecule is O=C(c1ccccc1)c1cc(Br)c2ccccn12. The summed E-state index contributed by atoms with van der Waals surface area (Å²) in [6.45, 7) is 0. The molecule has 0 radical (unpaired) electrons. The molecule has 0 atom stereocenters. The van der Waals surface area contributed by atoms with Gasteiger partial charge in [-0.3, -0.25) is 4.79 Å². The van der Waals surface area contributed by atoms with Gasteiger partial charge in [0.15, 0.2) is 0 Å². The highest BCUT2D eigenvalue weighted by molar-refractivity contribution is 9.10. The normalized spacial score (nSPS) is 10.7. The molecule has 0 bridgehead atoms. The zero-order valence-electron chi connectivity index (χ0n) is 9.51. The lowest BCUT2D eigenvalue weighted by atomic mass is 10.1.